The standard InChI is InChI=1S/C9H14ClN3O/c1-6-8(3-4-14-6)5-13-7(2)11-12-9(13)10/h6,8H,3-5H2,1-2H3. The number of rotatable bonds is 2. The summed E-state index contributed by atoms with van der Waals surface area (Å²) in [6.45, 7) is 5.73. The first-order valence-electron chi connectivity index (χ1n) is 4.85. The van der Waals surface area contributed by atoms with Crippen LogP contribution in [0.5, 0.6) is 0 Å². The Bertz CT molecular complexity index is 306. The summed E-state index contributed by atoms with van der Waals surface area (Å²) in [7, 11) is 0. The highest BCUT2D eigenvalue weighted by atomic mass is 35.5. The molecule has 0 amide bonds. The first-order chi connectivity index (χ1) is 6.68. The molecule has 4 nitrogen and oxygen atoms in total. The summed E-state index contributed by atoms with van der Waals surface area (Å²) in [5, 5.41) is 8.22. The molecule has 1 aliphatic rings. The molecule has 1 aromatic rings. The average molecular weight is 216 g/mol. The monoisotopic (exact) mass is 215 g/mol. The van der Waals surface area contributed by atoms with E-state index in [-0.39, 0.29) is 0 Å². The summed E-state index contributed by atoms with van der Waals surface area (Å²) >= 11 is 5.92. The quantitative estimate of drug-likeness (QED) is 0.754. The predicted molar refractivity (Wildman–Crippen MR) is 53.3 cm³/mol. The molecule has 2 atom stereocenters. The molecule has 2 unspecified atom stereocenters. The minimum Gasteiger partial charge on any atom is -0.378 e. The van der Waals surface area contributed by atoms with Crippen molar-refractivity contribution >= 4 is 11.6 Å². The highest BCUT2D eigenvalue weighted by Gasteiger charge is 2.25. The second-order valence-corrected chi connectivity index (χ2v) is 4.09. The lowest BCUT2D eigenvalue weighted by Gasteiger charge is -2.15. The van der Waals surface area contributed by atoms with Gasteiger partial charge < -0.3 is 9.30 Å². The maximum Gasteiger partial charge on any atom is 0.225 e. The van der Waals surface area contributed by atoms with Crippen LogP contribution in [0.25, 0.3) is 0 Å². The largest absolute Gasteiger partial charge is 0.378 e. The van der Waals surface area contributed by atoms with Gasteiger partial charge >= 0.3 is 0 Å². The Morgan fingerprint density at radius 1 is 1.57 bits per heavy atom. The molecule has 0 spiro atoms. The third-order valence-electron chi connectivity index (χ3n) is 2.84. The molecule has 1 saturated heterocycles. The summed E-state index contributed by atoms with van der Waals surface area (Å²) in [6, 6.07) is 0. The van der Waals surface area contributed by atoms with E-state index in [4.69, 9.17) is 16.3 Å². The Balaban J connectivity index is 2.10. The highest BCUT2D eigenvalue weighted by molar-refractivity contribution is 6.28. The second-order valence-electron chi connectivity index (χ2n) is 3.75. The molecule has 0 bridgehead atoms. The van der Waals surface area contributed by atoms with Crippen molar-refractivity contribution in [1.29, 1.82) is 0 Å². The molecule has 2 rings (SSSR count). The molecule has 2 heterocycles. The van der Waals surface area contributed by atoms with Crippen molar-refractivity contribution in [3.05, 3.63) is 11.1 Å². The fourth-order valence-corrected chi connectivity index (χ4v) is 2.04. The molecular formula is C9H14ClN3O. The number of aromatic nitrogens is 3. The summed E-state index contributed by atoms with van der Waals surface area (Å²) in [5.41, 5.74) is 0. The minimum absolute atomic E-state index is 0.313. The van der Waals surface area contributed by atoms with Crippen LogP contribution in [0.2, 0.25) is 5.28 Å². The van der Waals surface area contributed by atoms with Gasteiger partial charge in [-0.15, -0.1) is 10.2 Å². The molecule has 0 saturated carbocycles. The lowest BCUT2D eigenvalue weighted by molar-refractivity contribution is 0.101. The Hall–Kier alpha value is -0.610. The molecule has 0 N–H and O–H groups in total. The van der Waals surface area contributed by atoms with Crippen LogP contribution in [-0.4, -0.2) is 27.5 Å². The smallest absolute Gasteiger partial charge is 0.225 e. The second kappa shape index (κ2) is 3.87. The Morgan fingerprint density at radius 2 is 2.36 bits per heavy atom. The summed E-state index contributed by atoms with van der Waals surface area (Å²) in [4.78, 5) is 0. The molecule has 1 aromatic heterocycles. The molecule has 5 heteroatoms. The van der Waals surface area contributed by atoms with Crippen LogP contribution in [0.15, 0.2) is 0 Å². The van der Waals surface area contributed by atoms with Crippen LogP contribution in [0.1, 0.15) is 19.2 Å². The zero-order valence-corrected chi connectivity index (χ0v) is 9.16. The van der Waals surface area contributed by atoms with E-state index in [9.17, 15) is 0 Å². The maximum atomic E-state index is 5.92. The van der Waals surface area contributed by atoms with Crippen molar-refractivity contribution in [2.24, 2.45) is 5.92 Å². The van der Waals surface area contributed by atoms with Crippen molar-refractivity contribution in [2.75, 3.05) is 6.61 Å². The van der Waals surface area contributed by atoms with Gasteiger partial charge in [-0.3, -0.25) is 0 Å². The van der Waals surface area contributed by atoms with E-state index < -0.39 is 0 Å². The molecule has 78 valence electrons. The van der Waals surface area contributed by atoms with Gasteiger partial charge in [0.25, 0.3) is 0 Å². The van der Waals surface area contributed by atoms with Gasteiger partial charge in [-0.25, -0.2) is 0 Å². The third-order valence-corrected chi connectivity index (χ3v) is 3.12. The van der Waals surface area contributed by atoms with Crippen LogP contribution in [0.4, 0.5) is 0 Å². The predicted octanol–water partition coefficient (Wildman–Crippen LogP) is 1.66. The topological polar surface area (TPSA) is 39.9 Å². The van der Waals surface area contributed by atoms with Crippen molar-refractivity contribution in [3.8, 4) is 0 Å². The zero-order chi connectivity index (χ0) is 10.1. The van der Waals surface area contributed by atoms with Gasteiger partial charge in [0, 0.05) is 19.1 Å². The van der Waals surface area contributed by atoms with Crippen molar-refractivity contribution in [3.63, 3.8) is 0 Å². The number of hydrogen-bond acceptors (Lipinski definition) is 3. The number of hydrogen-bond donors (Lipinski definition) is 0. The molecular weight excluding hydrogens is 202 g/mol. The summed E-state index contributed by atoms with van der Waals surface area (Å²) in [6.07, 6.45) is 1.41. The van der Waals surface area contributed by atoms with Crippen LogP contribution in [-0.2, 0) is 11.3 Å². The van der Waals surface area contributed by atoms with Gasteiger partial charge in [-0.2, -0.15) is 0 Å². The lowest BCUT2D eigenvalue weighted by atomic mass is 10.0. The van der Waals surface area contributed by atoms with Crippen molar-refractivity contribution in [1.82, 2.24) is 14.8 Å². The molecule has 0 aromatic carbocycles. The molecule has 0 aliphatic carbocycles. The zero-order valence-electron chi connectivity index (χ0n) is 8.40. The van der Waals surface area contributed by atoms with Crippen LogP contribution >= 0.6 is 11.6 Å². The van der Waals surface area contributed by atoms with E-state index >= 15 is 0 Å². The summed E-state index contributed by atoms with van der Waals surface area (Å²) in [5.74, 6) is 1.40. The lowest BCUT2D eigenvalue weighted by Crippen LogP contribution is -2.18. The summed E-state index contributed by atoms with van der Waals surface area (Å²) < 4.78 is 7.44. The molecule has 14 heavy (non-hydrogen) atoms. The van der Waals surface area contributed by atoms with Crippen molar-refractivity contribution < 1.29 is 4.74 Å². The SMILES string of the molecule is Cc1nnc(Cl)n1CC1CCOC1C. The van der Waals surface area contributed by atoms with Gasteiger partial charge in [0.1, 0.15) is 5.82 Å². The Labute approximate surface area is 88.2 Å². The van der Waals surface area contributed by atoms with E-state index in [1.54, 1.807) is 0 Å². The van der Waals surface area contributed by atoms with Crippen LogP contribution in [0, 0.1) is 12.8 Å². The number of aryl methyl sites for hydroxylation is 1. The highest BCUT2D eigenvalue weighted by Crippen LogP contribution is 2.23. The molecule has 1 fully saturated rings. The van der Waals surface area contributed by atoms with E-state index in [1.165, 1.54) is 0 Å². The third kappa shape index (κ3) is 1.77. The molecule has 0 radical (unpaired) electrons. The fraction of sp³-hybridized carbons (Fsp3) is 0.778. The molecule has 1 aliphatic heterocycles. The minimum atomic E-state index is 0.313. The van der Waals surface area contributed by atoms with Crippen LogP contribution in [0.3, 0.4) is 0 Å². The van der Waals surface area contributed by atoms with Crippen LogP contribution < -0.4 is 0 Å². The maximum absolute atomic E-state index is 5.92. The van der Waals surface area contributed by atoms with E-state index in [1.807, 2.05) is 11.5 Å². The van der Waals surface area contributed by atoms with Gasteiger partial charge in [0.05, 0.1) is 6.10 Å². The Morgan fingerprint density at radius 3 is 2.86 bits per heavy atom. The first kappa shape index (κ1) is 9.93. The Kier molecular flexibility index (Phi) is 2.74. The van der Waals surface area contributed by atoms with Gasteiger partial charge in [-0.05, 0) is 31.9 Å². The first-order valence-corrected chi connectivity index (χ1v) is 5.23. The fourth-order valence-electron chi connectivity index (χ4n) is 1.81. The van der Waals surface area contributed by atoms with Gasteiger partial charge in [0.15, 0.2) is 0 Å². The van der Waals surface area contributed by atoms with E-state index in [2.05, 4.69) is 17.1 Å². The number of halogens is 1. The average Bonchev–Trinajstić information content (AvgIpc) is 2.67. The van der Waals surface area contributed by atoms with E-state index in [0.717, 1.165) is 25.4 Å². The number of ether oxygens (including phenoxy) is 1. The van der Waals surface area contributed by atoms with Gasteiger partial charge in [0.2, 0.25) is 5.28 Å². The van der Waals surface area contributed by atoms with Crippen molar-refractivity contribution in [2.45, 2.75) is 32.9 Å². The van der Waals surface area contributed by atoms with E-state index in [0.29, 0.717) is 17.3 Å². The van der Waals surface area contributed by atoms with Gasteiger partial charge in [-0.1, -0.05) is 0 Å². The number of nitrogens with zero attached hydrogens (tertiary/aromatic N) is 3. The normalized spacial score (nSPS) is 27.1.